The summed E-state index contributed by atoms with van der Waals surface area (Å²) in [5.41, 5.74) is 2.14. The Labute approximate surface area is 113 Å². The first kappa shape index (κ1) is 14.5. The van der Waals surface area contributed by atoms with E-state index in [4.69, 9.17) is 4.74 Å². The monoisotopic (exact) mass is 252 g/mol. The summed E-state index contributed by atoms with van der Waals surface area (Å²) < 4.78 is 5.25. The molecular formula is C17H16O2. The first-order valence-electron chi connectivity index (χ1n) is 5.72. The molecule has 0 aromatic heterocycles. The maximum atomic E-state index is 11.8. The smallest absolute Gasteiger partial charge is 0.343 e. The first-order chi connectivity index (χ1) is 9.15. The number of benzene rings is 1. The van der Waals surface area contributed by atoms with Crippen molar-refractivity contribution in [1.82, 2.24) is 0 Å². The molecule has 0 aliphatic rings. The lowest BCUT2D eigenvalue weighted by Crippen LogP contribution is -2.09. The molecule has 0 N–H and O–H groups in total. The van der Waals surface area contributed by atoms with Gasteiger partial charge in [0, 0.05) is 0 Å². The molecule has 0 bridgehead atoms. The second-order valence-corrected chi connectivity index (χ2v) is 3.65. The number of hydrogen-bond donors (Lipinski definition) is 0. The quantitative estimate of drug-likeness (QED) is 0.328. The van der Waals surface area contributed by atoms with E-state index in [0.717, 1.165) is 11.1 Å². The van der Waals surface area contributed by atoms with Crippen molar-refractivity contribution in [3.63, 3.8) is 0 Å². The van der Waals surface area contributed by atoms with Gasteiger partial charge in [0.1, 0.15) is 5.75 Å². The minimum Gasteiger partial charge on any atom is -0.423 e. The van der Waals surface area contributed by atoms with Crippen LogP contribution in [0.1, 0.15) is 11.1 Å². The van der Waals surface area contributed by atoms with Crippen LogP contribution in [-0.4, -0.2) is 5.97 Å². The lowest BCUT2D eigenvalue weighted by Gasteiger charge is -2.07. The van der Waals surface area contributed by atoms with Crippen LogP contribution < -0.4 is 4.74 Å². The molecule has 0 saturated heterocycles. The summed E-state index contributed by atoms with van der Waals surface area (Å²) in [6.45, 7) is 14.5. The lowest BCUT2D eigenvalue weighted by atomic mass is 10.1. The standard InChI is InChI=1S/C17H16O2/c1-5-9-14(7-3)17(18)19-16-11-10-13(6-2)15(8-4)12-16/h5-12H,1-4H2/b14-9+. The van der Waals surface area contributed by atoms with Gasteiger partial charge in [-0.2, -0.15) is 0 Å². The number of carbonyl (C=O) groups excluding carboxylic acids is 1. The molecule has 0 amide bonds. The number of esters is 1. The van der Waals surface area contributed by atoms with E-state index < -0.39 is 5.97 Å². The van der Waals surface area contributed by atoms with Crippen LogP contribution in [0.25, 0.3) is 12.2 Å². The van der Waals surface area contributed by atoms with Crippen LogP contribution >= 0.6 is 0 Å². The Bertz CT molecular complexity index is 563. The molecule has 1 aromatic carbocycles. The average Bonchev–Trinajstić information content (AvgIpc) is 2.44. The van der Waals surface area contributed by atoms with E-state index in [1.807, 2.05) is 6.07 Å². The molecule has 1 aromatic rings. The number of ether oxygens (including phenoxy) is 1. The molecule has 0 atom stereocenters. The second kappa shape index (κ2) is 6.97. The molecule has 96 valence electrons. The first-order valence-corrected chi connectivity index (χ1v) is 5.72. The normalized spacial score (nSPS) is 10.4. The molecule has 0 aliphatic carbocycles. The third-order valence-electron chi connectivity index (χ3n) is 2.46. The Morgan fingerprint density at radius 1 is 1.05 bits per heavy atom. The van der Waals surface area contributed by atoms with E-state index >= 15 is 0 Å². The Kier molecular flexibility index (Phi) is 5.30. The van der Waals surface area contributed by atoms with Gasteiger partial charge in [-0.15, -0.1) is 0 Å². The zero-order chi connectivity index (χ0) is 14.3. The minimum absolute atomic E-state index is 0.350. The van der Waals surface area contributed by atoms with E-state index in [1.54, 1.807) is 30.4 Å². The van der Waals surface area contributed by atoms with Crippen molar-refractivity contribution in [2.45, 2.75) is 0 Å². The summed E-state index contributed by atoms with van der Waals surface area (Å²) in [5, 5.41) is 0. The number of allylic oxidation sites excluding steroid dienone is 2. The van der Waals surface area contributed by atoms with Gasteiger partial charge in [0.2, 0.25) is 0 Å². The maximum absolute atomic E-state index is 11.8. The molecule has 0 radical (unpaired) electrons. The van der Waals surface area contributed by atoms with Crippen LogP contribution in [-0.2, 0) is 4.79 Å². The van der Waals surface area contributed by atoms with Gasteiger partial charge >= 0.3 is 5.97 Å². The molecule has 0 aliphatic heterocycles. The molecule has 0 fully saturated rings. The Morgan fingerprint density at radius 2 is 1.74 bits per heavy atom. The van der Waals surface area contributed by atoms with E-state index in [9.17, 15) is 4.79 Å². The Hall–Kier alpha value is -2.61. The van der Waals surface area contributed by atoms with E-state index in [0.29, 0.717) is 11.3 Å². The summed E-state index contributed by atoms with van der Waals surface area (Å²) in [4.78, 5) is 11.8. The predicted octanol–water partition coefficient (Wildman–Crippen LogP) is 4.18. The molecule has 1 rings (SSSR count). The Morgan fingerprint density at radius 3 is 2.26 bits per heavy atom. The van der Waals surface area contributed by atoms with Gasteiger partial charge in [-0.25, -0.2) is 4.79 Å². The highest BCUT2D eigenvalue weighted by Gasteiger charge is 2.09. The van der Waals surface area contributed by atoms with Crippen LogP contribution in [0.3, 0.4) is 0 Å². The number of carbonyl (C=O) groups is 1. The maximum Gasteiger partial charge on any atom is 0.343 e. The fourth-order valence-corrected chi connectivity index (χ4v) is 1.49. The second-order valence-electron chi connectivity index (χ2n) is 3.65. The molecule has 2 nitrogen and oxygen atoms in total. The van der Waals surface area contributed by atoms with Gasteiger partial charge in [-0.1, -0.05) is 56.7 Å². The summed E-state index contributed by atoms with van der Waals surface area (Å²) in [6, 6.07) is 5.25. The van der Waals surface area contributed by atoms with Crippen molar-refractivity contribution in [2.75, 3.05) is 0 Å². The third kappa shape index (κ3) is 3.68. The van der Waals surface area contributed by atoms with Crippen LogP contribution in [0, 0.1) is 0 Å². The van der Waals surface area contributed by atoms with Crippen molar-refractivity contribution in [3.05, 3.63) is 79.4 Å². The predicted molar refractivity (Wildman–Crippen MR) is 80.7 cm³/mol. The molecule has 0 spiro atoms. The van der Waals surface area contributed by atoms with Crippen LogP contribution in [0.5, 0.6) is 5.75 Å². The highest BCUT2D eigenvalue weighted by molar-refractivity contribution is 5.93. The van der Waals surface area contributed by atoms with Crippen molar-refractivity contribution >= 4 is 18.1 Å². The van der Waals surface area contributed by atoms with E-state index in [-0.39, 0.29) is 0 Å². The van der Waals surface area contributed by atoms with Gasteiger partial charge in [0.15, 0.2) is 0 Å². The van der Waals surface area contributed by atoms with Crippen molar-refractivity contribution < 1.29 is 9.53 Å². The van der Waals surface area contributed by atoms with Crippen LogP contribution in [0.15, 0.2) is 68.3 Å². The number of rotatable bonds is 6. The highest BCUT2D eigenvalue weighted by atomic mass is 16.5. The zero-order valence-corrected chi connectivity index (χ0v) is 10.8. The third-order valence-corrected chi connectivity index (χ3v) is 2.46. The van der Waals surface area contributed by atoms with Gasteiger partial charge in [-0.3, -0.25) is 0 Å². The highest BCUT2D eigenvalue weighted by Crippen LogP contribution is 2.20. The van der Waals surface area contributed by atoms with E-state index in [1.165, 1.54) is 12.2 Å². The SMILES string of the molecule is C=C/C=C(\C=C)C(=O)Oc1ccc(C=C)c(C=C)c1. The fraction of sp³-hybridized carbons (Fsp3) is 0. The van der Waals surface area contributed by atoms with Crippen molar-refractivity contribution in [2.24, 2.45) is 0 Å². The van der Waals surface area contributed by atoms with E-state index in [2.05, 4.69) is 26.3 Å². The Balaban J connectivity index is 3.00. The summed E-state index contributed by atoms with van der Waals surface area (Å²) in [6.07, 6.45) is 7.88. The molecular weight excluding hydrogens is 236 g/mol. The topological polar surface area (TPSA) is 26.3 Å². The van der Waals surface area contributed by atoms with Gasteiger partial charge in [0.05, 0.1) is 5.57 Å². The largest absolute Gasteiger partial charge is 0.423 e. The van der Waals surface area contributed by atoms with Gasteiger partial charge in [0.25, 0.3) is 0 Å². The molecule has 2 heteroatoms. The molecule has 0 unspecified atom stereocenters. The minimum atomic E-state index is -0.476. The molecule has 0 saturated carbocycles. The fourth-order valence-electron chi connectivity index (χ4n) is 1.49. The molecule has 19 heavy (non-hydrogen) atoms. The summed E-state index contributed by atoms with van der Waals surface area (Å²) in [7, 11) is 0. The lowest BCUT2D eigenvalue weighted by molar-refractivity contribution is -0.129. The van der Waals surface area contributed by atoms with Gasteiger partial charge < -0.3 is 4.74 Å². The van der Waals surface area contributed by atoms with Crippen LogP contribution in [0.2, 0.25) is 0 Å². The summed E-state index contributed by atoms with van der Waals surface area (Å²) >= 11 is 0. The average molecular weight is 252 g/mol. The van der Waals surface area contributed by atoms with Crippen LogP contribution in [0.4, 0.5) is 0 Å². The number of hydrogen-bond acceptors (Lipinski definition) is 2. The van der Waals surface area contributed by atoms with Crippen molar-refractivity contribution in [1.29, 1.82) is 0 Å². The zero-order valence-electron chi connectivity index (χ0n) is 10.8. The van der Waals surface area contributed by atoms with Crippen molar-refractivity contribution in [3.8, 4) is 5.75 Å². The van der Waals surface area contributed by atoms with Gasteiger partial charge in [-0.05, 0) is 29.3 Å². The molecule has 0 heterocycles. The summed E-state index contributed by atoms with van der Waals surface area (Å²) in [5.74, 6) is -0.0291.